The highest BCUT2D eigenvalue weighted by atomic mass is 16.2. The van der Waals surface area contributed by atoms with E-state index in [1.54, 1.807) is 11.9 Å². The second kappa shape index (κ2) is 9.40. The highest BCUT2D eigenvalue weighted by molar-refractivity contribution is 5.90. The van der Waals surface area contributed by atoms with Crippen LogP contribution < -0.4 is 5.73 Å². The molecule has 0 unspecified atom stereocenters. The third-order valence-electron chi connectivity index (χ3n) is 2.14. The predicted molar refractivity (Wildman–Crippen MR) is 60.4 cm³/mol. The van der Waals surface area contributed by atoms with Gasteiger partial charge < -0.3 is 10.6 Å². The van der Waals surface area contributed by atoms with E-state index in [9.17, 15) is 9.59 Å². The van der Waals surface area contributed by atoms with Gasteiger partial charge in [0.25, 0.3) is 0 Å². The third-order valence-corrected chi connectivity index (χ3v) is 2.14. The average molecular weight is 212 g/mol. The molecule has 0 aromatic carbocycles. The molecule has 0 heterocycles. The van der Waals surface area contributed by atoms with Crippen molar-refractivity contribution in [2.24, 2.45) is 5.73 Å². The highest BCUT2D eigenvalue weighted by Crippen LogP contribution is 2.00. The van der Waals surface area contributed by atoms with Crippen LogP contribution in [0.2, 0.25) is 0 Å². The minimum Gasteiger partial charge on any atom is -0.342 e. The first-order valence-corrected chi connectivity index (χ1v) is 5.29. The topological polar surface area (TPSA) is 63.4 Å². The van der Waals surface area contributed by atoms with Crippen LogP contribution in [0.4, 0.5) is 0 Å². The van der Waals surface area contributed by atoms with E-state index in [1.807, 2.05) is 0 Å². The second-order valence-corrected chi connectivity index (χ2v) is 3.46. The normalized spacial score (nSPS) is 10.5. The van der Waals surface area contributed by atoms with E-state index in [0.29, 0.717) is 6.29 Å². The van der Waals surface area contributed by atoms with E-state index in [4.69, 9.17) is 5.73 Å². The monoisotopic (exact) mass is 212 g/mol. The maximum Gasteiger partial charge on any atom is 0.246 e. The molecule has 0 aromatic heterocycles. The van der Waals surface area contributed by atoms with Crippen molar-refractivity contribution >= 4 is 12.2 Å². The van der Waals surface area contributed by atoms with E-state index in [0.717, 1.165) is 38.8 Å². The van der Waals surface area contributed by atoms with Crippen LogP contribution in [0.5, 0.6) is 0 Å². The second-order valence-electron chi connectivity index (χ2n) is 3.46. The third kappa shape index (κ3) is 7.88. The molecule has 0 aliphatic rings. The highest BCUT2D eigenvalue weighted by Gasteiger charge is 2.02. The van der Waals surface area contributed by atoms with Gasteiger partial charge in [0.05, 0.1) is 0 Å². The molecule has 15 heavy (non-hydrogen) atoms. The first kappa shape index (κ1) is 13.8. The Bertz CT molecular complexity index is 215. The lowest BCUT2D eigenvalue weighted by molar-refractivity contribution is -0.125. The molecule has 0 aliphatic heterocycles. The zero-order valence-corrected chi connectivity index (χ0v) is 9.32. The average Bonchev–Trinajstić information content (AvgIpc) is 2.25. The fourth-order valence-electron chi connectivity index (χ4n) is 1.21. The molecule has 4 nitrogen and oxygen atoms in total. The first-order chi connectivity index (χ1) is 7.22. The van der Waals surface area contributed by atoms with Crippen molar-refractivity contribution in [2.45, 2.75) is 25.7 Å². The maximum absolute atomic E-state index is 11.3. The molecular weight excluding hydrogens is 192 g/mol. The molecule has 0 aliphatic carbocycles. The van der Waals surface area contributed by atoms with Gasteiger partial charge in [-0.2, -0.15) is 0 Å². The Morgan fingerprint density at radius 2 is 1.93 bits per heavy atom. The number of likely N-dealkylation sites (N-methyl/N-ethyl adjacent to an activating group) is 1. The number of hydrogen-bond donors (Lipinski definition) is 1. The molecule has 0 atom stereocenters. The lowest BCUT2D eigenvalue weighted by Gasteiger charge is -2.14. The van der Waals surface area contributed by atoms with Gasteiger partial charge >= 0.3 is 0 Å². The minimum atomic E-state index is -0.124. The van der Waals surface area contributed by atoms with Gasteiger partial charge in [-0.15, -0.1) is 0 Å². The summed E-state index contributed by atoms with van der Waals surface area (Å²) in [5.41, 5.74) is 5.37. The van der Waals surface area contributed by atoms with E-state index < -0.39 is 0 Å². The van der Waals surface area contributed by atoms with Gasteiger partial charge in [-0.1, -0.05) is 12.8 Å². The summed E-state index contributed by atoms with van der Waals surface area (Å²) in [7, 11) is 1.74. The van der Waals surface area contributed by atoms with Crippen molar-refractivity contribution in [1.29, 1.82) is 0 Å². The summed E-state index contributed by atoms with van der Waals surface area (Å²) >= 11 is 0. The molecule has 0 saturated carbocycles. The zero-order chi connectivity index (χ0) is 11.5. The van der Waals surface area contributed by atoms with Crippen molar-refractivity contribution in [2.75, 3.05) is 20.1 Å². The number of carbonyl (C=O) groups is 2. The van der Waals surface area contributed by atoms with E-state index in [1.165, 1.54) is 12.2 Å². The van der Waals surface area contributed by atoms with Crippen molar-refractivity contribution in [1.82, 2.24) is 4.90 Å². The minimum absolute atomic E-state index is 0.124. The van der Waals surface area contributed by atoms with Crippen molar-refractivity contribution < 1.29 is 9.59 Å². The number of hydrogen-bond acceptors (Lipinski definition) is 3. The number of aldehydes is 1. The quantitative estimate of drug-likeness (QED) is 0.366. The number of carbonyl (C=O) groups excluding carboxylic acids is 2. The number of unbranched alkanes of at least 4 members (excludes halogenated alkanes) is 3. The van der Waals surface area contributed by atoms with Crippen LogP contribution >= 0.6 is 0 Å². The van der Waals surface area contributed by atoms with Crippen LogP contribution in [0.1, 0.15) is 25.7 Å². The molecule has 4 heteroatoms. The molecule has 0 aromatic rings. The molecule has 0 spiro atoms. The molecule has 0 radical (unpaired) electrons. The molecule has 2 N–H and O–H groups in total. The summed E-state index contributed by atoms with van der Waals surface area (Å²) in [5.74, 6) is -0.124. The van der Waals surface area contributed by atoms with Crippen LogP contribution in [0.15, 0.2) is 12.2 Å². The Morgan fingerprint density at radius 1 is 1.27 bits per heavy atom. The maximum atomic E-state index is 11.3. The summed E-state index contributed by atoms with van der Waals surface area (Å²) in [6, 6.07) is 0. The van der Waals surface area contributed by atoms with Crippen molar-refractivity contribution in [3.8, 4) is 0 Å². The molecule has 1 amide bonds. The summed E-state index contributed by atoms with van der Waals surface area (Å²) in [5, 5.41) is 0. The summed E-state index contributed by atoms with van der Waals surface area (Å²) < 4.78 is 0. The Morgan fingerprint density at radius 3 is 2.53 bits per heavy atom. The van der Waals surface area contributed by atoms with Crippen molar-refractivity contribution in [3.05, 3.63) is 12.2 Å². The predicted octanol–water partition coefficient (Wildman–Crippen LogP) is 0.719. The zero-order valence-electron chi connectivity index (χ0n) is 9.32. The molecular formula is C11H20N2O2. The Balaban J connectivity index is 3.55. The van der Waals surface area contributed by atoms with E-state index >= 15 is 0 Å². The number of nitrogens with zero attached hydrogens (tertiary/aromatic N) is 1. The van der Waals surface area contributed by atoms with E-state index in [-0.39, 0.29) is 5.91 Å². The van der Waals surface area contributed by atoms with Crippen LogP contribution in [0, 0.1) is 0 Å². The Kier molecular flexibility index (Phi) is 8.67. The summed E-state index contributed by atoms with van der Waals surface area (Å²) in [4.78, 5) is 22.9. The van der Waals surface area contributed by atoms with Gasteiger partial charge in [-0.05, 0) is 25.5 Å². The fraction of sp³-hybridized carbons (Fsp3) is 0.636. The largest absolute Gasteiger partial charge is 0.342 e. The number of amides is 1. The molecule has 86 valence electrons. The van der Waals surface area contributed by atoms with Gasteiger partial charge in [-0.25, -0.2) is 0 Å². The smallest absolute Gasteiger partial charge is 0.246 e. The number of rotatable bonds is 8. The lowest BCUT2D eigenvalue weighted by atomic mass is 10.2. The van der Waals surface area contributed by atoms with Crippen LogP contribution in [0.3, 0.4) is 0 Å². The first-order valence-electron chi connectivity index (χ1n) is 5.29. The van der Waals surface area contributed by atoms with Crippen LogP contribution in [0.25, 0.3) is 0 Å². The van der Waals surface area contributed by atoms with Gasteiger partial charge in [0.1, 0.15) is 6.29 Å². The fourth-order valence-corrected chi connectivity index (χ4v) is 1.21. The summed E-state index contributed by atoms with van der Waals surface area (Å²) in [6.07, 6.45) is 7.34. The van der Waals surface area contributed by atoms with Gasteiger partial charge in [0, 0.05) is 19.7 Å². The lowest BCUT2D eigenvalue weighted by Crippen LogP contribution is -2.25. The van der Waals surface area contributed by atoms with Gasteiger partial charge in [0.2, 0.25) is 5.91 Å². The molecule has 0 fully saturated rings. The van der Waals surface area contributed by atoms with Gasteiger partial charge in [0.15, 0.2) is 0 Å². The Labute approximate surface area is 91.1 Å². The van der Waals surface area contributed by atoms with Crippen molar-refractivity contribution in [3.63, 3.8) is 0 Å². The summed E-state index contributed by atoms with van der Waals surface area (Å²) in [6.45, 7) is 1.46. The Hall–Kier alpha value is -1.16. The van der Waals surface area contributed by atoms with Gasteiger partial charge in [-0.3, -0.25) is 9.59 Å². The number of nitrogens with two attached hydrogens (primary N) is 1. The SMILES string of the molecule is CN(CCCCCCN)C(=O)/C=C\C=O. The van der Waals surface area contributed by atoms with E-state index in [2.05, 4.69) is 0 Å². The van der Waals surface area contributed by atoms with Crippen LogP contribution in [-0.4, -0.2) is 37.2 Å². The standard InChI is InChI=1S/C11H20N2O2/c1-13(11(15)7-6-10-14)9-5-3-2-4-8-12/h6-7,10H,2-5,8-9,12H2,1H3/b7-6-. The molecule has 0 saturated heterocycles. The molecule has 0 bridgehead atoms. The molecule has 0 rings (SSSR count). The van der Waals surface area contributed by atoms with Crippen LogP contribution in [-0.2, 0) is 9.59 Å². The number of allylic oxidation sites excluding steroid dienone is 1.